The van der Waals surface area contributed by atoms with Crippen molar-refractivity contribution < 1.29 is 9.84 Å². The summed E-state index contributed by atoms with van der Waals surface area (Å²) in [6, 6.07) is 8.91. The number of nitrogens with zero attached hydrogens (tertiary/aromatic N) is 3. The highest BCUT2D eigenvalue weighted by Gasteiger charge is 2.31. The molecule has 1 saturated carbocycles. The third kappa shape index (κ3) is 6.42. The molecule has 164 valence electrons. The summed E-state index contributed by atoms with van der Waals surface area (Å²) < 4.78 is 6.09. The van der Waals surface area contributed by atoms with E-state index >= 15 is 0 Å². The zero-order valence-electron chi connectivity index (χ0n) is 18.9. The number of likely N-dealkylation sites (N-methyl/N-ethyl adjacent to an activating group) is 2. The Morgan fingerprint density at radius 3 is 2.62 bits per heavy atom. The summed E-state index contributed by atoms with van der Waals surface area (Å²) in [5, 5.41) is 10.5. The normalized spacial score (nSPS) is 22.7. The minimum atomic E-state index is -0.461. The second-order valence-electron chi connectivity index (χ2n) is 9.75. The molecule has 1 aromatic carbocycles. The highest BCUT2D eigenvalue weighted by atomic mass is 16.5. The van der Waals surface area contributed by atoms with Gasteiger partial charge in [-0.05, 0) is 46.9 Å². The molecule has 1 aliphatic heterocycles. The topological polar surface area (TPSA) is 39.2 Å². The van der Waals surface area contributed by atoms with E-state index in [0.717, 1.165) is 31.9 Å². The lowest BCUT2D eigenvalue weighted by Gasteiger charge is -2.45. The Morgan fingerprint density at radius 1 is 1.17 bits per heavy atom. The highest BCUT2D eigenvalue weighted by Crippen LogP contribution is 2.25. The van der Waals surface area contributed by atoms with E-state index in [9.17, 15) is 5.11 Å². The van der Waals surface area contributed by atoms with Gasteiger partial charge >= 0.3 is 0 Å². The number of ether oxygens (including phenoxy) is 1. The lowest BCUT2D eigenvalue weighted by molar-refractivity contribution is 0.0346. The summed E-state index contributed by atoms with van der Waals surface area (Å²) in [6.07, 6.45) is 6.05. The maximum absolute atomic E-state index is 10.5. The molecule has 2 fully saturated rings. The van der Waals surface area contributed by atoms with Crippen LogP contribution < -0.4 is 4.74 Å². The third-order valence-corrected chi connectivity index (χ3v) is 6.89. The molecular weight excluding hydrogens is 362 g/mol. The van der Waals surface area contributed by atoms with Gasteiger partial charge in [0.25, 0.3) is 0 Å². The number of piperazine rings is 1. The molecule has 1 aliphatic carbocycles. The summed E-state index contributed by atoms with van der Waals surface area (Å²) in [4.78, 5) is 7.27. The van der Waals surface area contributed by atoms with Crippen LogP contribution in [0, 0.1) is 0 Å². The number of aliphatic hydroxyl groups is 1. The molecule has 1 atom stereocenters. The predicted octanol–water partition coefficient (Wildman–Crippen LogP) is 3.22. The van der Waals surface area contributed by atoms with Crippen LogP contribution in [-0.2, 0) is 6.54 Å². The highest BCUT2D eigenvalue weighted by molar-refractivity contribution is 5.33. The molecule has 1 heterocycles. The van der Waals surface area contributed by atoms with E-state index in [0.29, 0.717) is 19.2 Å². The van der Waals surface area contributed by atoms with E-state index in [1.807, 2.05) is 12.1 Å². The number of para-hydroxylation sites is 1. The molecule has 1 N–H and O–H groups in total. The van der Waals surface area contributed by atoms with E-state index in [2.05, 4.69) is 54.8 Å². The van der Waals surface area contributed by atoms with Crippen LogP contribution in [0.2, 0.25) is 0 Å². The largest absolute Gasteiger partial charge is 0.491 e. The second kappa shape index (κ2) is 10.3. The van der Waals surface area contributed by atoms with E-state index in [-0.39, 0.29) is 5.54 Å². The first-order valence-corrected chi connectivity index (χ1v) is 11.4. The Labute approximate surface area is 177 Å². The summed E-state index contributed by atoms with van der Waals surface area (Å²) in [7, 11) is 4.35. The molecule has 0 bridgehead atoms. The van der Waals surface area contributed by atoms with Gasteiger partial charge in [-0.15, -0.1) is 0 Å². The van der Waals surface area contributed by atoms with Gasteiger partial charge in [0.15, 0.2) is 0 Å². The molecule has 3 rings (SSSR count). The molecule has 5 nitrogen and oxygen atoms in total. The molecular formula is C24H41N3O2. The first kappa shape index (κ1) is 22.5. The fraction of sp³-hybridized carbons (Fsp3) is 0.750. The number of hydrogen-bond donors (Lipinski definition) is 1. The standard InChI is InChI=1S/C24H41N3O2/c1-24(2)19-27(15-14-26(24)4)16-20-10-8-9-13-23(20)29-18-22(28)17-25(3)21-11-6-5-7-12-21/h8-10,13,21-22,28H,5-7,11-12,14-19H2,1-4H3/t22-/m1/s1. The van der Waals surface area contributed by atoms with Gasteiger partial charge in [-0.2, -0.15) is 0 Å². The lowest BCUT2D eigenvalue weighted by Crippen LogP contribution is -2.57. The van der Waals surface area contributed by atoms with Gasteiger partial charge in [0.05, 0.1) is 0 Å². The fourth-order valence-corrected chi connectivity index (χ4v) is 4.73. The van der Waals surface area contributed by atoms with Gasteiger partial charge in [-0.1, -0.05) is 37.5 Å². The molecule has 1 saturated heterocycles. The number of rotatable bonds is 8. The van der Waals surface area contributed by atoms with Gasteiger partial charge in [-0.25, -0.2) is 0 Å². The van der Waals surface area contributed by atoms with Crippen molar-refractivity contribution in [1.29, 1.82) is 0 Å². The van der Waals surface area contributed by atoms with Gasteiger partial charge in [0.1, 0.15) is 18.5 Å². The van der Waals surface area contributed by atoms with Crippen molar-refractivity contribution in [2.45, 2.75) is 70.2 Å². The number of aliphatic hydroxyl groups excluding tert-OH is 1. The molecule has 0 spiro atoms. The average Bonchev–Trinajstić information content (AvgIpc) is 2.70. The van der Waals surface area contributed by atoms with Crippen LogP contribution in [0.1, 0.15) is 51.5 Å². The minimum absolute atomic E-state index is 0.188. The van der Waals surface area contributed by atoms with Gasteiger partial charge in [0.2, 0.25) is 0 Å². The number of benzene rings is 1. The van der Waals surface area contributed by atoms with Crippen LogP contribution >= 0.6 is 0 Å². The zero-order valence-corrected chi connectivity index (χ0v) is 18.9. The van der Waals surface area contributed by atoms with Crippen LogP contribution in [-0.4, -0.2) is 84.4 Å². The number of hydrogen-bond acceptors (Lipinski definition) is 5. The molecule has 0 radical (unpaired) electrons. The van der Waals surface area contributed by atoms with Crippen molar-refractivity contribution in [3.8, 4) is 5.75 Å². The van der Waals surface area contributed by atoms with Crippen molar-refractivity contribution in [2.75, 3.05) is 46.9 Å². The monoisotopic (exact) mass is 403 g/mol. The molecule has 0 amide bonds. The van der Waals surface area contributed by atoms with Gasteiger partial charge < -0.3 is 14.7 Å². The van der Waals surface area contributed by atoms with Crippen LogP contribution in [0.3, 0.4) is 0 Å². The van der Waals surface area contributed by atoms with Crippen molar-refractivity contribution >= 4 is 0 Å². The van der Waals surface area contributed by atoms with Crippen LogP contribution in [0.5, 0.6) is 5.75 Å². The van der Waals surface area contributed by atoms with Crippen molar-refractivity contribution in [3.63, 3.8) is 0 Å². The summed E-state index contributed by atoms with van der Waals surface area (Å²) in [5.41, 5.74) is 1.40. The van der Waals surface area contributed by atoms with Crippen molar-refractivity contribution in [1.82, 2.24) is 14.7 Å². The Balaban J connectivity index is 1.51. The molecule has 29 heavy (non-hydrogen) atoms. The molecule has 0 unspecified atom stereocenters. The Kier molecular flexibility index (Phi) is 7.97. The Morgan fingerprint density at radius 2 is 1.90 bits per heavy atom. The predicted molar refractivity (Wildman–Crippen MR) is 119 cm³/mol. The maximum Gasteiger partial charge on any atom is 0.123 e. The minimum Gasteiger partial charge on any atom is -0.491 e. The third-order valence-electron chi connectivity index (χ3n) is 6.89. The quantitative estimate of drug-likeness (QED) is 0.722. The van der Waals surface area contributed by atoms with Crippen LogP contribution in [0.15, 0.2) is 24.3 Å². The van der Waals surface area contributed by atoms with Gasteiger partial charge in [0, 0.05) is 49.9 Å². The van der Waals surface area contributed by atoms with E-state index in [1.54, 1.807) is 0 Å². The first-order chi connectivity index (χ1) is 13.8. The zero-order chi connectivity index (χ0) is 20.9. The lowest BCUT2D eigenvalue weighted by atomic mass is 9.94. The smallest absolute Gasteiger partial charge is 0.123 e. The van der Waals surface area contributed by atoms with E-state index in [1.165, 1.54) is 37.7 Å². The Hall–Kier alpha value is -1.14. The Bertz CT molecular complexity index is 630. The summed E-state index contributed by atoms with van der Waals surface area (Å²) >= 11 is 0. The van der Waals surface area contributed by atoms with E-state index in [4.69, 9.17) is 4.74 Å². The molecule has 1 aromatic rings. The van der Waals surface area contributed by atoms with Crippen LogP contribution in [0.4, 0.5) is 0 Å². The second-order valence-corrected chi connectivity index (χ2v) is 9.75. The summed E-state index contributed by atoms with van der Waals surface area (Å²) in [5.74, 6) is 0.906. The van der Waals surface area contributed by atoms with Crippen LogP contribution in [0.25, 0.3) is 0 Å². The molecule has 0 aromatic heterocycles. The van der Waals surface area contributed by atoms with Crippen molar-refractivity contribution in [2.24, 2.45) is 0 Å². The average molecular weight is 404 g/mol. The first-order valence-electron chi connectivity index (χ1n) is 11.4. The molecule has 2 aliphatic rings. The van der Waals surface area contributed by atoms with Gasteiger partial charge in [-0.3, -0.25) is 9.80 Å². The van der Waals surface area contributed by atoms with E-state index < -0.39 is 6.10 Å². The molecule has 5 heteroatoms. The summed E-state index contributed by atoms with van der Waals surface area (Å²) in [6.45, 7) is 9.74. The SMILES string of the molecule is CN(C[C@@H](O)COc1ccccc1CN1CCN(C)C(C)(C)C1)C1CCCCC1. The fourth-order valence-electron chi connectivity index (χ4n) is 4.73. The van der Waals surface area contributed by atoms with Crippen molar-refractivity contribution in [3.05, 3.63) is 29.8 Å². The maximum atomic E-state index is 10.5.